The molecule has 2 aromatic carbocycles. The summed E-state index contributed by atoms with van der Waals surface area (Å²) in [6.45, 7) is 0. The Bertz CT molecular complexity index is 869. The standard InChI is InChI=1S/C17H12N2/c1-2-6-15-13(4-1)5-3-7-16(15)14-8-9-17-18-10-11-19(17)12-14/h1-12H. The third-order valence-electron chi connectivity index (χ3n) is 3.49. The van der Waals surface area contributed by atoms with Crippen molar-refractivity contribution in [1.29, 1.82) is 0 Å². The third kappa shape index (κ3) is 1.61. The van der Waals surface area contributed by atoms with Crippen LogP contribution in [0.5, 0.6) is 0 Å². The molecule has 2 heteroatoms. The number of fused-ring (bicyclic) bond motifs is 2. The number of hydrogen-bond acceptors (Lipinski definition) is 1. The molecule has 0 unspecified atom stereocenters. The smallest absolute Gasteiger partial charge is 0.136 e. The summed E-state index contributed by atoms with van der Waals surface area (Å²) >= 11 is 0. The van der Waals surface area contributed by atoms with Gasteiger partial charge in [0.15, 0.2) is 0 Å². The van der Waals surface area contributed by atoms with Crippen LogP contribution in [-0.2, 0) is 0 Å². The summed E-state index contributed by atoms with van der Waals surface area (Å²) < 4.78 is 2.05. The summed E-state index contributed by atoms with van der Waals surface area (Å²) in [6, 6.07) is 19.1. The maximum Gasteiger partial charge on any atom is 0.136 e. The second-order valence-electron chi connectivity index (χ2n) is 4.64. The Hall–Kier alpha value is -2.61. The number of hydrogen-bond donors (Lipinski definition) is 0. The van der Waals surface area contributed by atoms with Crippen molar-refractivity contribution in [2.75, 3.05) is 0 Å². The van der Waals surface area contributed by atoms with Crippen molar-refractivity contribution in [3.8, 4) is 11.1 Å². The molecule has 0 bridgehead atoms. The molecule has 4 rings (SSSR count). The van der Waals surface area contributed by atoms with Crippen LogP contribution < -0.4 is 0 Å². The largest absolute Gasteiger partial charge is 0.306 e. The van der Waals surface area contributed by atoms with E-state index in [9.17, 15) is 0 Å². The van der Waals surface area contributed by atoms with Crippen LogP contribution >= 0.6 is 0 Å². The first-order valence-electron chi connectivity index (χ1n) is 6.33. The Morgan fingerprint density at radius 3 is 2.74 bits per heavy atom. The molecule has 2 aromatic heterocycles. The lowest BCUT2D eigenvalue weighted by atomic mass is 10.00. The first-order valence-corrected chi connectivity index (χ1v) is 6.33. The lowest BCUT2D eigenvalue weighted by Crippen LogP contribution is -1.86. The molecule has 0 aliphatic heterocycles. The minimum Gasteiger partial charge on any atom is -0.306 e. The summed E-state index contributed by atoms with van der Waals surface area (Å²) in [4.78, 5) is 4.28. The van der Waals surface area contributed by atoms with E-state index in [4.69, 9.17) is 0 Å². The van der Waals surface area contributed by atoms with Gasteiger partial charge in [-0.15, -0.1) is 0 Å². The first-order chi connectivity index (χ1) is 9.42. The Kier molecular flexibility index (Phi) is 2.15. The lowest BCUT2D eigenvalue weighted by Gasteiger charge is -2.07. The molecule has 0 fully saturated rings. The van der Waals surface area contributed by atoms with Crippen molar-refractivity contribution < 1.29 is 0 Å². The SMILES string of the molecule is c1ccc2c(-c3ccc4nccn4c3)cccc2c1. The van der Waals surface area contributed by atoms with Gasteiger partial charge in [-0.05, 0) is 34.0 Å². The second-order valence-corrected chi connectivity index (χ2v) is 4.64. The molecule has 2 heterocycles. The molecule has 0 spiro atoms. The molecule has 0 saturated heterocycles. The number of pyridine rings is 1. The quantitative estimate of drug-likeness (QED) is 0.491. The molecule has 0 aliphatic carbocycles. The van der Waals surface area contributed by atoms with Crippen molar-refractivity contribution in [2.24, 2.45) is 0 Å². The van der Waals surface area contributed by atoms with E-state index in [1.807, 2.05) is 12.4 Å². The monoisotopic (exact) mass is 244 g/mol. The molecule has 0 saturated carbocycles. The highest BCUT2D eigenvalue weighted by atomic mass is 15.0. The van der Waals surface area contributed by atoms with Gasteiger partial charge >= 0.3 is 0 Å². The Balaban J connectivity index is 2.03. The number of imidazole rings is 1. The minimum absolute atomic E-state index is 0.976. The van der Waals surface area contributed by atoms with Crippen LogP contribution in [0.1, 0.15) is 0 Å². The normalized spacial score (nSPS) is 11.2. The summed E-state index contributed by atoms with van der Waals surface area (Å²) in [5.41, 5.74) is 3.44. The molecule has 0 N–H and O–H groups in total. The lowest BCUT2D eigenvalue weighted by molar-refractivity contribution is 1.19. The van der Waals surface area contributed by atoms with Gasteiger partial charge in [0.1, 0.15) is 5.65 Å². The van der Waals surface area contributed by atoms with Gasteiger partial charge in [-0.1, -0.05) is 42.5 Å². The predicted molar refractivity (Wildman–Crippen MR) is 78.1 cm³/mol. The summed E-state index contributed by atoms with van der Waals surface area (Å²) in [5.74, 6) is 0. The van der Waals surface area contributed by atoms with Gasteiger partial charge in [0, 0.05) is 18.6 Å². The van der Waals surface area contributed by atoms with E-state index in [2.05, 4.69) is 70.2 Å². The fourth-order valence-electron chi connectivity index (χ4n) is 2.56. The van der Waals surface area contributed by atoms with E-state index in [-0.39, 0.29) is 0 Å². The molecule has 0 aliphatic rings. The van der Waals surface area contributed by atoms with Crippen LogP contribution in [0, 0.1) is 0 Å². The van der Waals surface area contributed by atoms with E-state index >= 15 is 0 Å². The first kappa shape index (κ1) is 10.3. The topological polar surface area (TPSA) is 17.3 Å². The van der Waals surface area contributed by atoms with Crippen LogP contribution in [0.15, 0.2) is 73.2 Å². The fraction of sp³-hybridized carbons (Fsp3) is 0. The molecule has 4 aromatic rings. The Morgan fingerprint density at radius 1 is 0.842 bits per heavy atom. The Labute approximate surface area is 111 Å². The summed E-state index contributed by atoms with van der Waals surface area (Å²) in [7, 11) is 0. The Morgan fingerprint density at radius 2 is 1.74 bits per heavy atom. The van der Waals surface area contributed by atoms with E-state index in [0.717, 1.165) is 5.65 Å². The minimum atomic E-state index is 0.976. The highest BCUT2D eigenvalue weighted by molar-refractivity contribution is 5.96. The molecular formula is C17H12N2. The van der Waals surface area contributed by atoms with Gasteiger partial charge < -0.3 is 4.40 Å². The second kappa shape index (κ2) is 3.95. The van der Waals surface area contributed by atoms with Gasteiger partial charge in [0.25, 0.3) is 0 Å². The van der Waals surface area contributed by atoms with E-state index in [1.54, 1.807) is 0 Å². The fourth-order valence-corrected chi connectivity index (χ4v) is 2.56. The molecule has 19 heavy (non-hydrogen) atoms. The maximum atomic E-state index is 4.28. The number of benzene rings is 2. The third-order valence-corrected chi connectivity index (χ3v) is 3.49. The van der Waals surface area contributed by atoms with E-state index in [1.165, 1.54) is 21.9 Å². The van der Waals surface area contributed by atoms with Gasteiger partial charge in [0.05, 0.1) is 0 Å². The van der Waals surface area contributed by atoms with E-state index < -0.39 is 0 Å². The summed E-state index contributed by atoms with van der Waals surface area (Å²) in [6.07, 6.45) is 5.93. The molecule has 0 amide bonds. The molecule has 90 valence electrons. The number of aromatic nitrogens is 2. The van der Waals surface area contributed by atoms with Gasteiger partial charge in [-0.2, -0.15) is 0 Å². The highest BCUT2D eigenvalue weighted by Gasteiger charge is 2.04. The van der Waals surface area contributed by atoms with Crippen LogP contribution in [0.4, 0.5) is 0 Å². The van der Waals surface area contributed by atoms with Crippen molar-refractivity contribution in [2.45, 2.75) is 0 Å². The van der Waals surface area contributed by atoms with E-state index in [0.29, 0.717) is 0 Å². The van der Waals surface area contributed by atoms with Crippen molar-refractivity contribution in [3.63, 3.8) is 0 Å². The van der Waals surface area contributed by atoms with Gasteiger partial charge in [-0.3, -0.25) is 0 Å². The van der Waals surface area contributed by atoms with Crippen molar-refractivity contribution >= 4 is 16.4 Å². The zero-order valence-electron chi connectivity index (χ0n) is 10.3. The average Bonchev–Trinajstić information content (AvgIpc) is 2.94. The number of nitrogens with zero attached hydrogens (tertiary/aromatic N) is 2. The molecule has 2 nitrogen and oxygen atoms in total. The predicted octanol–water partition coefficient (Wildman–Crippen LogP) is 4.15. The average molecular weight is 244 g/mol. The van der Waals surface area contributed by atoms with Crippen LogP contribution in [0.25, 0.3) is 27.5 Å². The maximum absolute atomic E-state index is 4.28. The van der Waals surface area contributed by atoms with Crippen LogP contribution in [-0.4, -0.2) is 9.38 Å². The zero-order valence-corrected chi connectivity index (χ0v) is 10.3. The van der Waals surface area contributed by atoms with Crippen LogP contribution in [0.2, 0.25) is 0 Å². The summed E-state index contributed by atoms with van der Waals surface area (Å²) in [5, 5.41) is 2.55. The van der Waals surface area contributed by atoms with Gasteiger partial charge in [-0.25, -0.2) is 4.98 Å². The number of rotatable bonds is 1. The molecule has 0 atom stereocenters. The molecule has 0 radical (unpaired) electrons. The zero-order chi connectivity index (χ0) is 12.7. The van der Waals surface area contributed by atoms with Crippen molar-refractivity contribution in [1.82, 2.24) is 9.38 Å². The van der Waals surface area contributed by atoms with Crippen LogP contribution in [0.3, 0.4) is 0 Å². The van der Waals surface area contributed by atoms with Crippen molar-refractivity contribution in [3.05, 3.63) is 73.2 Å². The molecular weight excluding hydrogens is 232 g/mol. The highest BCUT2D eigenvalue weighted by Crippen LogP contribution is 2.28. The van der Waals surface area contributed by atoms with Gasteiger partial charge in [0.2, 0.25) is 0 Å².